The van der Waals surface area contributed by atoms with E-state index in [1.807, 2.05) is 0 Å². The molecular weight excluding hydrogens is 405 g/mol. The van der Waals surface area contributed by atoms with Gasteiger partial charge in [0, 0.05) is 5.02 Å². The first kappa shape index (κ1) is 18.1. The van der Waals surface area contributed by atoms with Crippen molar-refractivity contribution in [3.05, 3.63) is 61.9 Å². The zero-order chi connectivity index (χ0) is 18.1. The maximum Gasteiger partial charge on any atom is 0.298 e. The van der Waals surface area contributed by atoms with Crippen molar-refractivity contribution in [1.82, 2.24) is 0 Å². The molecule has 1 fully saturated rings. The van der Waals surface area contributed by atoms with Crippen LogP contribution in [0.3, 0.4) is 0 Å². The molecular formula is C17H10Cl3NO3S. The second-order valence-corrected chi connectivity index (χ2v) is 7.26. The van der Waals surface area contributed by atoms with E-state index in [-0.39, 0.29) is 4.91 Å². The molecule has 0 bridgehead atoms. The van der Waals surface area contributed by atoms with Crippen LogP contribution in [0, 0.1) is 0 Å². The summed E-state index contributed by atoms with van der Waals surface area (Å²) in [6.07, 6.45) is 1.56. The molecule has 1 aliphatic heterocycles. The quantitative estimate of drug-likeness (QED) is 0.587. The van der Waals surface area contributed by atoms with Gasteiger partial charge in [0.1, 0.15) is 0 Å². The van der Waals surface area contributed by atoms with Crippen LogP contribution in [0.25, 0.3) is 6.08 Å². The number of anilines is 1. The van der Waals surface area contributed by atoms with Gasteiger partial charge in [-0.3, -0.25) is 9.59 Å². The van der Waals surface area contributed by atoms with Gasteiger partial charge < -0.3 is 4.74 Å². The monoisotopic (exact) mass is 413 g/mol. The highest BCUT2D eigenvalue weighted by molar-refractivity contribution is 8.19. The predicted molar refractivity (Wildman–Crippen MR) is 103 cm³/mol. The minimum atomic E-state index is -0.430. The molecule has 0 N–H and O–H groups in total. The van der Waals surface area contributed by atoms with Crippen molar-refractivity contribution < 1.29 is 14.3 Å². The first-order valence-corrected chi connectivity index (χ1v) is 8.92. The van der Waals surface area contributed by atoms with Gasteiger partial charge in [-0.25, -0.2) is 4.90 Å². The number of halogens is 3. The van der Waals surface area contributed by atoms with Gasteiger partial charge in [0.15, 0.2) is 5.75 Å². The van der Waals surface area contributed by atoms with Gasteiger partial charge in [-0.05, 0) is 53.7 Å². The van der Waals surface area contributed by atoms with Crippen molar-refractivity contribution in [1.29, 1.82) is 0 Å². The Morgan fingerprint density at radius 2 is 1.76 bits per heavy atom. The van der Waals surface area contributed by atoms with E-state index >= 15 is 0 Å². The number of nitrogens with zero attached hydrogens (tertiary/aromatic N) is 1. The molecule has 0 unspecified atom stereocenters. The van der Waals surface area contributed by atoms with E-state index in [9.17, 15) is 9.59 Å². The maximum absolute atomic E-state index is 12.6. The molecule has 128 valence electrons. The van der Waals surface area contributed by atoms with E-state index in [1.165, 1.54) is 7.11 Å². The lowest BCUT2D eigenvalue weighted by atomic mass is 10.2. The number of amides is 2. The molecule has 0 spiro atoms. The van der Waals surface area contributed by atoms with E-state index in [4.69, 9.17) is 39.5 Å². The summed E-state index contributed by atoms with van der Waals surface area (Å²) in [6, 6.07) is 9.77. The predicted octanol–water partition coefficient (Wildman–Crippen LogP) is 5.90. The lowest BCUT2D eigenvalue weighted by Crippen LogP contribution is -2.27. The zero-order valence-electron chi connectivity index (χ0n) is 12.8. The number of imide groups is 1. The Kier molecular flexibility index (Phi) is 5.29. The van der Waals surface area contributed by atoms with Crippen LogP contribution in [-0.2, 0) is 4.79 Å². The van der Waals surface area contributed by atoms with Gasteiger partial charge in [-0.15, -0.1) is 0 Å². The standard InChI is InChI=1S/C17H10Cl3NO3S/c1-24-15-12(19)5-9(6-13(15)20)7-14-16(22)21(17(23)25-14)11-4-2-3-10(18)8-11/h2-8H,1H3/b14-7+. The van der Waals surface area contributed by atoms with Crippen LogP contribution >= 0.6 is 46.6 Å². The third-order valence-electron chi connectivity index (χ3n) is 3.38. The molecule has 0 aliphatic carbocycles. The minimum Gasteiger partial charge on any atom is -0.494 e. The van der Waals surface area contributed by atoms with Gasteiger partial charge >= 0.3 is 0 Å². The van der Waals surface area contributed by atoms with Gasteiger partial charge in [-0.2, -0.15) is 0 Å². The molecule has 1 heterocycles. The topological polar surface area (TPSA) is 46.6 Å². The number of carbonyl (C=O) groups is 2. The second kappa shape index (κ2) is 7.30. The Hall–Kier alpha value is -1.66. The molecule has 2 aromatic carbocycles. The summed E-state index contributed by atoms with van der Waals surface area (Å²) in [4.78, 5) is 26.2. The molecule has 1 saturated heterocycles. The molecule has 4 nitrogen and oxygen atoms in total. The van der Waals surface area contributed by atoms with Crippen LogP contribution in [0.1, 0.15) is 5.56 Å². The number of hydrogen-bond donors (Lipinski definition) is 0. The molecule has 2 aromatic rings. The molecule has 0 aromatic heterocycles. The Bertz CT molecular complexity index is 891. The fraction of sp³-hybridized carbons (Fsp3) is 0.0588. The van der Waals surface area contributed by atoms with Crippen molar-refractivity contribution in [2.75, 3.05) is 12.0 Å². The van der Waals surface area contributed by atoms with Crippen molar-refractivity contribution in [3.8, 4) is 5.75 Å². The van der Waals surface area contributed by atoms with Gasteiger partial charge in [-0.1, -0.05) is 40.9 Å². The molecule has 0 saturated carbocycles. The average molecular weight is 415 g/mol. The first-order chi connectivity index (χ1) is 11.9. The first-order valence-electron chi connectivity index (χ1n) is 6.97. The van der Waals surface area contributed by atoms with Gasteiger partial charge in [0.2, 0.25) is 0 Å². The van der Waals surface area contributed by atoms with E-state index in [0.717, 1.165) is 16.7 Å². The minimum absolute atomic E-state index is 0.266. The summed E-state index contributed by atoms with van der Waals surface area (Å²) in [7, 11) is 1.46. The molecule has 3 rings (SSSR count). The fourth-order valence-electron chi connectivity index (χ4n) is 2.31. The smallest absolute Gasteiger partial charge is 0.298 e. The van der Waals surface area contributed by atoms with Crippen LogP contribution in [-0.4, -0.2) is 18.3 Å². The van der Waals surface area contributed by atoms with Crippen LogP contribution in [0.5, 0.6) is 5.75 Å². The van der Waals surface area contributed by atoms with Crippen molar-refractivity contribution >= 4 is 69.5 Å². The Morgan fingerprint density at radius 3 is 2.36 bits per heavy atom. The summed E-state index contributed by atoms with van der Waals surface area (Å²) in [5.41, 5.74) is 1.01. The Morgan fingerprint density at radius 1 is 1.08 bits per heavy atom. The number of benzene rings is 2. The summed E-state index contributed by atoms with van der Waals surface area (Å²) < 4.78 is 5.09. The van der Waals surface area contributed by atoms with E-state index < -0.39 is 11.1 Å². The molecule has 25 heavy (non-hydrogen) atoms. The van der Waals surface area contributed by atoms with Crippen molar-refractivity contribution in [2.24, 2.45) is 0 Å². The largest absolute Gasteiger partial charge is 0.494 e. The van der Waals surface area contributed by atoms with Gasteiger partial charge in [0.05, 0.1) is 27.7 Å². The number of thioether (sulfide) groups is 1. The average Bonchev–Trinajstić information content (AvgIpc) is 2.81. The van der Waals surface area contributed by atoms with Crippen LogP contribution in [0.2, 0.25) is 15.1 Å². The molecule has 1 aliphatic rings. The fourth-order valence-corrected chi connectivity index (χ4v) is 4.00. The van der Waals surface area contributed by atoms with Gasteiger partial charge in [0.25, 0.3) is 11.1 Å². The number of methoxy groups -OCH3 is 1. The lowest BCUT2D eigenvalue weighted by molar-refractivity contribution is -0.113. The normalized spacial score (nSPS) is 16.0. The maximum atomic E-state index is 12.6. The van der Waals surface area contributed by atoms with Crippen LogP contribution in [0.4, 0.5) is 10.5 Å². The van der Waals surface area contributed by atoms with E-state index in [0.29, 0.717) is 32.1 Å². The summed E-state index contributed by atoms with van der Waals surface area (Å²) in [5, 5.41) is 0.670. The number of ether oxygens (including phenoxy) is 1. The summed E-state index contributed by atoms with van der Waals surface area (Å²) >= 11 is 19.0. The number of carbonyl (C=O) groups excluding carboxylic acids is 2. The Labute approximate surface area is 163 Å². The molecule has 0 radical (unpaired) electrons. The highest BCUT2D eigenvalue weighted by atomic mass is 35.5. The highest BCUT2D eigenvalue weighted by Crippen LogP contribution is 2.38. The number of hydrogen-bond acceptors (Lipinski definition) is 4. The summed E-state index contributed by atoms with van der Waals surface area (Å²) in [5.74, 6) is -0.0761. The summed E-state index contributed by atoms with van der Waals surface area (Å²) in [6.45, 7) is 0. The third kappa shape index (κ3) is 3.65. The molecule has 2 amide bonds. The van der Waals surface area contributed by atoms with E-state index in [2.05, 4.69) is 0 Å². The second-order valence-electron chi connectivity index (χ2n) is 5.01. The lowest BCUT2D eigenvalue weighted by Gasteiger charge is -2.12. The molecule has 8 heteroatoms. The highest BCUT2D eigenvalue weighted by Gasteiger charge is 2.36. The van der Waals surface area contributed by atoms with Crippen LogP contribution < -0.4 is 9.64 Å². The third-order valence-corrected chi connectivity index (χ3v) is 5.05. The SMILES string of the molecule is COc1c(Cl)cc(/C=C2/SC(=O)N(c3cccc(Cl)c3)C2=O)cc1Cl. The zero-order valence-corrected chi connectivity index (χ0v) is 15.8. The number of rotatable bonds is 3. The van der Waals surface area contributed by atoms with E-state index in [1.54, 1.807) is 42.5 Å². The molecule has 0 atom stereocenters. The van der Waals surface area contributed by atoms with Crippen LogP contribution in [0.15, 0.2) is 41.3 Å². The van der Waals surface area contributed by atoms with Crippen molar-refractivity contribution in [2.45, 2.75) is 0 Å². The Balaban J connectivity index is 1.96. The van der Waals surface area contributed by atoms with Crippen molar-refractivity contribution in [3.63, 3.8) is 0 Å².